The zero-order valence-corrected chi connectivity index (χ0v) is 12.5. The summed E-state index contributed by atoms with van der Waals surface area (Å²) in [7, 11) is 3.78. The molecule has 0 aliphatic carbocycles. The van der Waals surface area contributed by atoms with Crippen LogP contribution in [0.5, 0.6) is 0 Å². The van der Waals surface area contributed by atoms with Gasteiger partial charge in [0.2, 0.25) is 5.13 Å². The molecule has 0 amide bonds. The number of aliphatic imine (C=N–C) groups is 1. The highest BCUT2D eigenvalue weighted by Gasteiger charge is 2.15. The summed E-state index contributed by atoms with van der Waals surface area (Å²) >= 11 is 1.40. The van der Waals surface area contributed by atoms with Gasteiger partial charge in [-0.05, 0) is 13.3 Å². The van der Waals surface area contributed by atoms with Gasteiger partial charge in [-0.25, -0.2) is 14.8 Å². The minimum Gasteiger partial charge on any atom is -0.462 e. The first-order chi connectivity index (χ1) is 9.08. The van der Waals surface area contributed by atoms with Gasteiger partial charge < -0.3 is 9.64 Å². The minimum absolute atomic E-state index is 0.335. The lowest BCUT2D eigenvalue weighted by atomic mass is 10.2. The monoisotopic (exact) mass is 281 g/mol. The smallest absolute Gasteiger partial charge is 0.340 e. The Labute approximate surface area is 117 Å². The average Bonchev–Trinajstić information content (AvgIpc) is 2.82. The molecule has 5 nitrogen and oxygen atoms in total. The predicted octanol–water partition coefficient (Wildman–Crippen LogP) is 2.72. The maximum absolute atomic E-state index is 11.8. The van der Waals surface area contributed by atoms with E-state index in [0.717, 1.165) is 6.42 Å². The Bertz CT molecular complexity index is 478. The highest BCUT2D eigenvalue weighted by atomic mass is 32.1. The van der Waals surface area contributed by atoms with Crippen molar-refractivity contribution in [3.63, 3.8) is 0 Å². The molecule has 1 aromatic rings. The highest BCUT2D eigenvalue weighted by Crippen LogP contribution is 2.24. The summed E-state index contributed by atoms with van der Waals surface area (Å²) in [6.07, 6.45) is 4.25. The van der Waals surface area contributed by atoms with Crippen molar-refractivity contribution >= 4 is 34.3 Å². The number of thiazole rings is 1. The van der Waals surface area contributed by atoms with Crippen molar-refractivity contribution in [3.8, 4) is 0 Å². The number of hydrogen-bond donors (Lipinski definition) is 0. The quantitative estimate of drug-likeness (QED) is 0.348. The molecular formula is C13H19N3O2S. The zero-order valence-electron chi connectivity index (χ0n) is 11.7. The van der Waals surface area contributed by atoms with E-state index < -0.39 is 0 Å². The van der Waals surface area contributed by atoms with Gasteiger partial charge in [0.15, 0.2) is 0 Å². The highest BCUT2D eigenvalue weighted by molar-refractivity contribution is 7.13. The number of allylic oxidation sites excluding steroid dienone is 1. The molecule has 0 aliphatic rings. The van der Waals surface area contributed by atoms with Gasteiger partial charge in [-0.2, -0.15) is 0 Å². The van der Waals surface area contributed by atoms with E-state index in [1.165, 1.54) is 11.3 Å². The zero-order chi connectivity index (χ0) is 14.3. The van der Waals surface area contributed by atoms with Crippen LogP contribution >= 0.6 is 11.3 Å². The number of ether oxygens (including phenoxy) is 1. The summed E-state index contributed by atoms with van der Waals surface area (Å²) in [6, 6.07) is 0. The summed E-state index contributed by atoms with van der Waals surface area (Å²) in [5, 5.41) is 2.44. The van der Waals surface area contributed by atoms with E-state index in [-0.39, 0.29) is 5.97 Å². The van der Waals surface area contributed by atoms with Crippen molar-refractivity contribution in [2.24, 2.45) is 4.99 Å². The molecule has 1 aromatic heterocycles. The van der Waals surface area contributed by atoms with Crippen LogP contribution in [0.25, 0.3) is 5.57 Å². The van der Waals surface area contributed by atoms with Crippen LogP contribution in [-0.2, 0) is 9.53 Å². The third-order valence-electron chi connectivity index (χ3n) is 2.07. The van der Waals surface area contributed by atoms with E-state index >= 15 is 0 Å². The van der Waals surface area contributed by atoms with Gasteiger partial charge >= 0.3 is 5.97 Å². The Balaban J connectivity index is 2.93. The number of nitrogens with zero attached hydrogens (tertiary/aromatic N) is 3. The third kappa shape index (κ3) is 4.82. The lowest BCUT2D eigenvalue weighted by Crippen LogP contribution is -2.07. The molecule has 0 unspecified atom stereocenters. The molecule has 0 radical (unpaired) electrons. The Hall–Kier alpha value is -1.69. The van der Waals surface area contributed by atoms with Crippen LogP contribution in [0.2, 0.25) is 0 Å². The molecular weight excluding hydrogens is 262 g/mol. The fraction of sp³-hybridized carbons (Fsp3) is 0.462. The van der Waals surface area contributed by atoms with Crippen LogP contribution in [-0.4, -0.2) is 42.9 Å². The standard InChI is InChI=1S/C13H19N3O2S/c1-5-7-10(12(17)18-6-2)11-8-19-13(15-11)14-9-16(3)4/h7-9H,5-6H2,1-4H3. The minimum atomic E-state index is -0.335. The first kappa shape index (κ1) is 15.4. The van der Waals surface area contributed by atoms with Gasteiger partial charge in [0, 0.05) is 19.5 Å². The normalized spacial score (nSPS) is 11.9. The lowest BCUT2D eigenvalue weighted by Gasteiger charge is -2.03. The van der Waals surface area contributed by atoms with E-state index in [0.29, 0.717) is 23.0 Å². The maximum atomic E-state index is 11.8. The molecule has 6 heteroatoms. The van der Waals surface area contributed by atoms with Gasteiger partial charge in [-0.3, -0.25) is 0 Å². The lowest BCUT2D eigenvalue weighted by molar-refractivity contribution is -0.136. The van der Waals surface area contributed by atoms with Gasteiger partial charge in [0.05, 0.1) is 24.2 Å². The van der Waals surface area contributed by atoms with Gasteiger partial charge in [0.1, 0.15) is 0 Å². The van der Waals surface area contributed by atoms with Gasteiger partial charge in [0.25, 0.3) is 0 Å². The summed E-state index contributed by atoms with van der Waals surface area (Å²) < 4.78 is 5.03. The van der Waals surface area contributed by atoms with Crippen molar-refractivity contribution in [2.45, 2.75) is 20.3 Å². The predicted molar refractivity (Wildman–Crippen MR) is 78.9 cm³/mol. The molecule has 0 saturated heterocycles. The molecule has 0 aliphatic heterocycles. The van der Waals surface area contributed by atoms with E-state index in [4.69, 9.17) is 4.74 Å². The van der Waals surface area contributed by atoms with E-state index in [9.17, 15) is 4.79 Å². The van der Waals surface area contributed by atoms with Crippen LogP contribution in [0.1, 0.15) is 26.0 Å². The largest absolute Gasteiger partial charge is 0.462 e. The van der Waals surface area contributed by atoms with Crippen LogP contribution in [0.4, 0.5) is 5.13 Å². The number of carbonyl (C=O) groups excluding carboxylic acids is 1. The SMILES string of the molecule is CCC=C(C(=O)OCC)c1csc(N=CN(C)C)n1. The van der Waals surface area contributed by atoms with E-state index in [1.54, 1.807) is 13.3 Å². The fourth-order valence-corrected chi connectivity index (χ4v) is 1.97. The molecule has 0 atom stereocenters. The molecule has 0 spiro atoms. The molecule has 104 valence electrons. The Morgan fingerprint density at radius 2 is 2.26 bits per heavy atom. The van der Waals surface area contributed by atoms with E-state index in [1.807, 2.05) is 37.4 Å². The van der Waals surface area contributed by atoms with E-state index in [2.05, 4.69) is 9.98 Å². The summed E-state index contributed by atoms with van der Waals surface area (Å²) in [6.45, 7) is 4.11. The number of aromatic nitrogens is 1. The summed E-state index contributed by atoms with van der Waals surface area (Å²) in [4.78, 5) is 22.2. The molecule has 0 saturated carbocycles. The molecule has 0 aromatic carbocycles. The van der Waals surface area contributed by atoms with Gasteiger partial charge in [-0.1, -0.05) is 13.0 Å². The first-order valence-electron chi connectivity index (χ1n) is 6.12. The van der Waals surface area contributed by atoms with Crippen LogP contribution in [0.3, 0.4) is 0 Å². The molecule has 0 fully saturated rings. The van der Waals surface area contributed by atoms with Crippen molar-refractivity contribution < 1.29 is 9.53 Å². The van der Waals surface area contributed by atoms with Crippen molar-refractivity contribution in [1.29, 1.82) is 0 Å². The molecule has 1 rings (SSSR count). The maximum Gasteiger partial charge on any atom is 0.340 e. The summed E-state index contributed by atoms with van der Waals surface area (Å²) in [5.41, 5.74) is 1.13. The first-order valence-corrected chi connectivity index (χ1v) is 7.00. The molecule has 0 N–H and O–H groups in total. The number of hydrogen-bond acceptors (Lipinski definition) is 5. The third-order valence-corrected chi connectivity index (χ3v) is 2.82. The Kier molecular flexibility index (Phi) is 6.21. The molecule has 1 heterocycles. The second-order valence-electron chi connectivity index (χ2n) is 3.97. The average molecular weight is 281 g/mol. The Morgan fingerprint density at radius 3 is 2.84 bits per heavy atom. The molecule has 0 bridgehead atoms. The second-order valence-corrected chi connectivity index (χ2v) is 4.81. The van der Waals surface area contributed by atoms with Crippen molar-refractivity contribution in [2.75, 3.05) is 20.7 Å². The van der Waals surface area contributed by atoms with Crippen LogP contribution < -0.4 is 0 Å². The summed E-state index contributed by atoms with van der Waals surface area (Å²) in [5.74, 6) is -0.335. The molecule has 19 heavy (non-hydrogen) atoms. The Morgan fingerprint density at radius 1 is 1.53 bits per heavy atom. The number of carbonyl (C=O) groups is 1. The fourth-order valence-electron chi connectivity index (χ4n) is 1.32. The van der Waals surface area contributed by atoms with Gasteiger partial charge in [-0.15, -0.1) is 11.3 Å². The number of rotatable bonds is 6. The van der Waals surface area contributed by atoms with Crippen LogP contribution in [0.15, 0.2) is 16.4 Å². The van der Waals surface area contributed by atoms with Crippen molar-refractivity contribution in [3.05, 3.63) is 17.2 Å². The topological polar surface area (TPSA) is 54.8 Å². The van der Waals surface area contributed by atoms with Crippen molar-refractivity contribution in [1.82, 2.24) is 9.88 Å². The number of esters is 1. The van der Waals surface area contributed by atoms with Crippen LogP contribution in [0, 0.1) is 0 Å². The second kappa shape index (κ2) is 7.68.